The number of amides is 2. The number of benzene rings is 1. The Hall–Kier alpha value is -2.08. The van der Waals surface area contributed by atoms with Crippen LogP contribution in [-0.2, 0) is 16.1 Å². The lowest BCUT2D eigenvalue weighted by atomic mass is 10.1. The van der Waals surface area contributed by atoms with Gasteiger partial charge in [-0.3, -0.25) is 0 Å². The minimum Gasteiger partial charge on any atom is -0.480 e. The fraction of sp³-hybridized carbons (Fsp3) is 0.429. The third kappa shape index (κ3) is 6.19. The first kappa shape index (κ1) is 16.0. The first-order valence-electron chi connectivity index (χ1n) is 6.43. The number of urea groups is 1. The molecule has 0 saturated heterocycles. The van der Waals surface area contributed by atoms with Gasteiger partial charge in [0.05, 0.1) is 0 Å². The molecule has 1 rings (SSSR count). The van der Waals surface area contributed by atoms with Crippen molar-refractivity contribution in [2.24, 2.45) is 0 Å². The predicted molar refractivity (Wildman–Crippen MR) is 74.3 cm³/mol. The van der Waals surface area contributed by atoms with Gasteiger partial charge in [-0.25, -0.2) is 9.59 Å². The summed E-state index contributed by atoms with van der Waals surface area (Å²) in [7, 11) is 1.55. The van der Waals surface area contributed by atoms with Gasteiger partial charge in [0, 0.05) is 20.3 Å². The SMILES string of the molecule is COCCCC(NC(=O)NCc1ccccc1)C(=O)O. The van der Waals surface area contributed by atoms with Crippen molar-refractivity contribution in [3.63, 3.8) is 0 Å². The van der Waals surface area contributed by atoms with Crippen molar-refractivity contribution in [3.05, 3.63) is 35.9 Å². The third-order valence-electron chi connectivity index (χ3n) is 2.74. The molecule has 0 fully saturated rings. The lowest BCUT2D eigenvalue weighted by molar-refractivity contribution is -0.139. The molecule has 0 aromatic heterocycles. The van der Waals surface area contributed by atoms with Crippen LogP contribution in [0.1, 0.15) is 18.4 Å². The van der Waals surface area contributed by atoms with Crippen molar-refractivity contribution < 1.29 is 19.4 Å². The fourth-order valence-corrected chi connectivity index (χ4v) is 1.68. The molecule has 0 aliphatic heterocycles. The van der Waals surface area contributed by atoms with Crippen LogP contribution < -0.4 is 10.6 Å². The van der Waals surface area contributed by atoms with Crippen LogP contribution in [0.15, 0.2) is 30.3 Å². The van der Waals surface area contributed by atoms with E-state index in [1.54, 1.807) is 7.11 Å². The molecule has 20 heavy (non-hydrogen) atoms. The van der Waals surface area contributed by atoms with E-state index in [-0.39, 0.29) is 0 Å². The summed E-state index contributed by atoms with van der Waals surface area (Å²) in [6.45, 7) is 0.828. The van der Waals surface area contributed by atoms with Crippen LogP contribution in [0, 0.1) is 0 Å². The normalized spacial score (nSPS) is 11.7. The second-order valence-corrected chi connectivity index (χ2v) is 4.34. The summed E-state index contributed by atoms with van der Waals surface area (Å²) in [5.74, 6) is -1.05. The molecule has 3 N–H and O–H groups in total. The molecule has 1 aromatic rings. The van der Waals surface area contributed by atoms with E-state index in [1.165, 1.54) is 0 Å². The van der Waals surface area contributed by atoms with E-state index in [0.29, 0.717) is 26.0 Å². The number of carboxylic acids is 1. The Morgan fingerprint density at radius 1 is 1.30 bits per heavy atom. The number of hydrogen-bond donors (Lipinski definition) is 3. The Labute approximate surface area is 118 Å². The Morgan fingerprint density at radius 3 is 2.60 bits per heavy atom. The van der Waals surface area contributed by atoms with Crippen LogP contribution in [0.3, 0.4) is 0 Å². The highest BCUT2D eigenvalue weighted by molar-refractivity contribution is 5.82. The summed E-state index contributed by atoms with van der Waals surface area (Å²) in [4.78, 5) is 22.7. The molecule has 6 nitrogen and oxygen atoms in total. The van der Waals surface area contributed by atoms with Crippen LogP contribution >= 0.6 is 0 Å². The second kappa shape index (κ2) is 8.92. The van der Waals surface area contributed by atoms with Crippen LogP contribution in [0.25, 0.3) is 0 Å². The van der Waals surface area contributed by atoms with Gasteiger partial charge in [0.15, 0.2) is 0 Å². The second-order valence-electron chi connectivity index (χ2n) is 4.34. The fourth-order valence-electron chi connectivity index (χ4n) is 1.68. The highest BCUT2D eigenvalue weighted by Gasteiger charge is 2.19. The molecule has 1 unspecified atom stereocenters. The molecule has 0 aliphatic rings. The van der Waals surface area contributed by atoms with Gasteiger partial charge in [0.2, 0.25) is 0 Å². The van der Waals surface area contributed by atoms with Crippen molar-refractivity contribution in [1.82, 2.24) is 10.6 Å². The van der Waals surface area contributed by atoms with Gasteiger partial charge >= 0.3 is 12.0 Å². The number of aliphatic carboxylic acids is 1. The topological polar surface area (TPSA) is 87.7 Å². The zero-order valence-electron chi connectivity index (χ0n) is 11.5. The Morgan fingerprint density at radius 2 is 2.00 bits per heavy atom. The Balaban J connectivity index is 2.36. The van der Waals surface area contributed by atoms with Crippen molar-refractivity contribution in [2.75, 3.05) is 13.7 Å². The maximum absolute atomic E-state index is 11.6. The third-order valence-corrected chi connectivity index (χ3v) is 2.74. The van der Waals surface area contributed by atoms with Crippen molar-refractivity contribution in [1.29, 1.82) is 0 Å². The first-order chi connectivity index (χ1) is 9.63. The molecule has 0 radical (unpaired) electrons. The van der Waals surface area contributed by atoms with Gasteiger partial charge in [0.1, 0.15) is 6.04 Å². The van der Waals surface area contributed by atoms with Gasteiger partial charge in [0.25, 0.3) is 0 Å². The van der Waals surface area contributed by atoms with E-state index < -0.39 is 18.0 Å². The maximum atomic E-state index is 11.6. The molecular formula is C14H20N2O4. The molecule has 1 aromatic carbocycles. The Bertz CT molecular complexity index is 422. The average Bonchev–Trinajstić information content (AvgIpc) is 2.45. The van der Waals surface area contributed by atoms with Crippen molar-refractivity contribution in [2.45, 2.75) is 25.4 Å². The molecule has 110 valence electrons. The minimum atomic E-state index is -1.05. The number of carboxylic acid groups (broad SMARTS) is 1. The molecule has 2 amide bonds. The predicted octanol–water partition coefficient (Wildman–Crippen LogP) is 1.37. The van der Waals surface area contributed by atoms with Gasteiger partial charge in [-0.1, -0.05) is 30.3 Å². The van der Waals surface area contributed by atoms with Crippen LogP contribution in [0.5, 0.6) is 0 Å². The molecule has 6 heteroatoms. The Kier molecular flexibility index (Phi) is 7.13. The van der Waals surface area contributed by atoms with Crippen LogP contribution in [0.2, 0.25) is 0 Å². The average molecular weight is 280 g/mol. The molecule has 0 spiro atoms. The summed E-state index contributed by atoms with van der Waals surface area (Å²) in [5, 5.41) is 14.1. The smallest absolute Gasteiger partial charge is 0.326 e. The van der Waals surface area contributed by atoms with Crippen molar-refractivity contribution >= 4 is 12.0 Å². The number of hydrogen-bond acceptors (Lipinski definition) is 3. The lowest BCUT2D eigenvalue weighted by Gasteiger charge is -2.15. The zero-order valence-corrected chi connectivity index (χ0v) is 11.5. The number of methoxy groups -OCH3 is 1. The quantitative estimate of drug-likeness (QED) is 0.627. The molecule has 0 bridgehead atoms. The summed E-state index contributed by atoms with van der Waals surface area (Å²) in [6.07, 6.45) is 0.911. The number of rotatable bonds is 8. The summed E-state index contributed by atoms with van der Waals surface area (Å²) in [5.41, 5.74) is 0.953. The zero-order chi connectivity index (χ0) is 14.8. The van der Waals surface area contributed by atoms with E-state index in [0.717, 1.165) is 5.56 Å². The van der Waals surface area contributed by atoms with Gasteiger partial charge < -0.3 is 20.5 Å². The maximum Gasteiger partial charge on any atom is 0.326 e. The van der Waals surface area contributed by atoms with E-state index in [4.69, 9.17) is 9.84 Å². The number of ether oxygens (including phenoxy) is 1. The first-order valence-corrected chi connectivity index (χ1v) is 6.43. The van der Waals surface area contributed by atoms with Gasteiger partial charge in [-0.15, -0.1) is 0 Å². The minimum absolute atomic E-state index is 0.335. The standard InChI is InChI=1S/C14H20N2O4/c1-20-9-5-8-12(13(17)18)16-14(19)15-10-11-6-3-2-4-7-11/h2-4,6-7,12H,5,8-10H2,1H3,(H,17,18)(H2,15,16,19). The van der Waals surface area contributed by atoms with Crippen molar-refractivity contribution in [3.8, 4) is 0 Å². The lowest BCUT2D eigenvalue weighted by Crippen LogP contribution is -2.45. The molecular weight excluding hydrogens is 260 g/mol. The molecule has 0 aliphatic carbocycles. The van der Waals surface area contributed by atoms with E-state index >= 15 is 0 Å². The molecule has 1 atom stereocenters. The number of nitrogens with one attached hydrogen (secondary N) is 2. The van der Waals surface area contributed by atoms with E-state index in [1.807, 2.05) is 30.3 Å². The highest BCUT2D eigenvalue weighted by atomic mass is 16.5. The van der Waals surface area contributed by atoms with Gasteiger partial charge in [-0.2, -0.15) is 0 Å². The van der Waals surface area contributed by atoms with Crippen LogP contribution in [0.4, 0.5) is 4.79 Å². The molecule has 0 heterocycles. The summed E-state index contributed by atoms with van der Waals surface area (Å²) in [6, 6.07) is 8.01. The van der Waals surface area contributed by atoms with E-state index in [2.05, 4.69) is 10.6 Å². The van der Waals surface area contributed by atoms with Crippen LogP contribution in [-0.4, -0.2) is 36.9 Å². The van der Waals surface area contributed by atoms with Gasteiger partial charge in [-0.05, 0) is 18.4 Å². The van der Waals surface area contributed by atoms with E-state index in [9.17, 15) is 9.59 Å². The molecule has 0 saturated carbocycles. The summed E-state index contributed by atoms with van der Waals surface area (Å²) >= 11 is 0. The number of carbonyl (C=O) groups excluding carboxylic acids is 1. The summed E-state index contributed by atoms with van der Waals surface area (Å²) < 4.78 is 4.86. The largest absolute Gasteiger partial charge is 0.480 e. The number of carbonyl (C=O) groups is 2. The highest BCUT2D eigenvalue weighted by Crippen LogP contribution is 1.99. The monoisotopic (exact) mass is 280 g/mol.